The molecule has 1 aliphatic carbocycles. The second-order valence-electron chi connectivity index (χ2n) is 5.09. The van der Waals surface area contributed by atoms with Crippen molar-refractivity contribution >= 4 is 11.9 Å². The Hall–Kier alpha value is -1.52. The van der Waals surface area contributed by atoms with Crippen LogP contribution in [0.3, 0.4) is 0 Å². The summed E-state index contributed by atoms with van der Waals surface area (Å²) in [6.45, 7) is 7.56. The number of amides is 1. The molecule has 0 radical (unpaired) electrons. The van der Waals surface area contributed by atoms with Crippen LogP contribution in [0.5, 0.6) is 0 Å². The van der Waals surface area contributed by atoms with Crippen molar-refractivity contribution in [3.8, 4) is 0 Å². The number of nitrogens with zero attached hydrogens (tertiary/aromatic N) is 2. The lowest BCUT2D eigenvalue weighted by Crippen LogP contribution is -2.40. The number of nitrogens with one attached hydrogen (secondary N) is 2. The molecule has 0 aromatic carbocycles. The molecule has 5 heteroatoms. The minimum atomic E-state index is -0.00199. The minimum Gasteiger partial charge on any atom is -0.356 e. The highest BCUT2D eigenvalue weighted by molar-refractivity contribution is 5.84. The van der Waals surface area contributed by atoms with Gasteiger partial charge in [0.15, 0.2) is 5.96 Å². The molecular formula is C13H24N4O. The summed E-state index contributed by atoms with van der Waals surface area (Å²) in [6.07, 6.45) is 2.58. The maximum absolute atomic E-state index is 11.5. The quantitative estimate of drug-likeness (QED) is 0.413. The monoisotopic (exact) mass is 252 g/mol. The molecular weight excluding hydrogens is 228 g/mol. The number of carbonyl (C=O) groups is 1. The van der Waals surface area contributed by atoms with Crippen LogP contribution in [0, 0.1) is 5.92 Å². The van der Waals surface area contributed by atoms with Gasteiger partial charge in [-0.05, 0) is 25.7 Å². The van der Waals surface area contributed by atoms with Crippen molar-refractivity contribution < 1.29 is 4.79 Å². The maximum atomic E-state index is 11.5. The summed E-state index contributed by atoms with van der Waals surface area (Å²) in [5.41, 5.74) is 1.04. The van der Waals surface area contributed by atoms with Crippen LogP contribution in [-0.2, 0) is 4.79 Å². The van der Waals surface area contributed by atoms with Gasteiger partial charge >= 0.3 is 0 Å². The molecule has 0 unspecified atom stereocenters. The summed E-state index contributed by atoms with van der Waals surface area (Å²) in [5, 5.41) is 6.42. The third-order valence-corrected chi connectivity index (χ3v) is 2.68. The largest absolute Gasteiger partial charge is 0.356 e. The number of hydrogen-bond acceptors (Lipinski definition) is 2. The van der Waals surface area contributed by atoms with E-state index in [0.717, 1.165) is 18.0 Å². The fourth-order valence-corrected chi connectivity index (χ4v) is 1.26. The van der Waals surface area contributed by atoms with Crippen LogP contribution < -0.4 is 10.6 Å². The molecule has 0 aliphatic heterocycles. The third-order valence-electron chi connectivity index (χ3n) is 2.68. The van der Waals surface area contributed by atoms with Crippen molar-refractivity contribution in [2.75, 3.05) is 33.7 Å². The van der Waals surface area contributed by atoms with Crippen molar-refractivity contribution in [3.05, 3.63) is 12.2 Å². The van der Waals surface area contributed by atoms with E-state index in [4.69, 9.17) is 0 Å². The van der Waals surface area contributed by atoms with E-state index in [1.165, 1.54) is 12.8 Å². The van der Waals surface area contributed by atoms with Crippen LogP contribution in [0.4, 0.5) is 0 Å². The van der Waals surface area contributed by atoms with E-state index in [1.54, 1.807) is 19.0 Å². The average molecular weight is 252 g/mol. The SMILES string of the molecule is C=C(C)CNC(=NCC(=O)N(C)C)NCC1CC1. The molecule has 0 heterocycles. The molecule has 1 saturated carbocycles. The zero-order valence-electron chi connectivity index (χ0n) is 11.6. The highest BCUT2D eigenvalue weighted by Crippen LogP contribution is 2.27. The van der Waals surface area contributed by atoms with Crippen LogP contribution in [-0.4, -0.2) is 50.5 Å². The Labute approximate surface area is 109 Å². The summed E-state index contributed by atoms with van der Waals surface area (Å²) in [7, 11) is 3.47. The Bertz CT molecular complexity index is 332. The topological polar surface area (TPSA) is 56.7 Å². The van der Waals surface area contributed by atoms with Crippen LogP contribution >= 0.6 is 0 Å². The van der Waals surface area contributed by atoms with E-state index in [1.807, 2.05) is 6.92 Å². The van der Waals surface area contributed by atoms with Gasteiger partial charge in [-0.2, -0.15) is 0 Å². The van der Waals surface area contributed by atoms with Gasteiger partial charge < -0.3 is 15.5 Å². The van der Waals surface area contributed by atoms with Gasteiger partial charge in [-0.3, -0.25) is 4.79 Å². The third kappa shape index (κ3) is 6.27. The fourth-order valence-electron chi connectivity index (χ4n) is 1.26. The molecule has 0 spiro atoms. The van der Waals surface area contributed by atoms with E-state index in [-0.39, 0.29) is 12.5 Å². The van der Waals surface area contributed by atoms with E-state index in [2.05, 4.69) is 22.2 Å². The van der Waals surface area contributed by atoms with Crippen molar-refractivity contribution in [1.29, 1.82) is 0 Å². The molecule has 2 N–H and O–H groups in total. The van der Waals surface area contributed by atoms with Gasteiger partial charge in [-0.15, -0.1) is 0 Å². The van der Waals surface area contributed by atoms with Crippen molar-refractivity contribution in [2.24, 2.45) is 10.9 Å². The standard InChI is InChI=1S/C13H24N4O/c1-10(2)7-14-13(15-8-11-5-6-11)16-9-12(18)17(3)4/h11H,1,5-9H2,2-4H3,(H2,14,15,16). The van der Waals surface area contributed by atoms with Gasteiger partial charge in [-0.25, -0.2) is 4.99 Å². The molecule has 0 bridgehead atoms. The normalized spacial score (nSPS) is 15.2. The van der Waals surface area contributed by atoms with Crippen molar-refractivity contribution in [1.82, 2.24) is 15.5 Å². The Balaban J connectivity index is 2.42. The zero-order valence-corrected chi connectivity index (χ0v) is 11.6. The number of hydrogen-bond donors (Lipinski definition) is 2. The van der Waals surface area contributed by atoms with Crippen LogP contribution in [0.1, 0.15) is 19.8 Å². The van der Waals surface area contributed by atoms with E-state index in [0.29, 0.717) is 12.5 Å². The van der Waals surface area contributed by atoms with E-state index >= 15 is 0 Å². The number of aliphatic imine (C=N–C) groups is 1. The number of likely N-dealkylation sites (N-methyl/N-ethyl adjacent to an activating group) is 1. The molecule has 0 saturated heterocycles. The lowest BCUT2D eigenvalue weighted by atomic mass is 10.3. The first-order valence-electron chi connectivity index (χ1n) is 6.35. The fraction of sp³-hybridized carbons (Fsp3) is 0.692. The van der Waals surface area contributed by atoms with Gasteiger partial charge in [0.25, 0.3) is 0 Å². The Kier molecular flexibility index (Phi) is 5.68. The predicted octanol–water partition coefficient (Wildman–Crippen LogP) is 0.596. The second kappa shape index (κ2) is 7.03. The molecule has 0 atom stereocenters. The highest BCUT2D eigenvalue weighted by atomic mass is 16.2. The predicted molar refractivity (Wildman–Crippen MR) is 74.5 cm³/mol. The molecule has 102 valence electrons. The molecule has 18 heavy (non-hydrogen) atoms. The summed E-state index contributed by atoms with van der Waals surface area (Å²) < 4.78 is 0. The first-order chi connectivity index (χ1) is 8.49. The first-order valence-corrected chi connectivity index (χ1v) is 6.35. The maximum Gasteiger partial charge on any atom is 0.243 e. The average Bonchev–Trinajstić information content (AvgIpc) is 3.11. The van der Waals surface area contributed by atoms with E-state index in [9.17, 15) is 4.79 Å². The van der Waals surface area contributed by atoms with Crippen molar-refractivity contribution in [2.45, 2.75) is 19.8 Å². The number of guanidine groups is 1. The lowest BCUT2D eigenvalue weighted by molar-refractivity contribution is -0.127. The minimum absolute atomic E-state index is 0.00199. The molecule has 5 nitrogen and oxygen atoms in total. The molecule has 1 rings (SSSR count). The smallest absolute Gasteiger partial charge is 0.243 e. The zero-order chi connectivity index (χ0) is 13.5. The van der Waals surface area contributed by atoms with Crippen molar-refractivity contribution in [3.63, 3.8) is 0 Å². The Morgan fingerprint density at radius 2 is 2.06 bits per heavy atom. The lowest BCUT2D eigenvalue weighted by Gasteiger charge is -2.13. The van der Waals surface area contributed by atoms with Crippen LogP contribution in [0.2, 0.25) is 0 Å². The van der Waals surface area contributed by atoms with Crippen LogP contribution in [0.25, 0.3) is 0 Å². The molecule has 1 amide bonds. The summed E-state index contributed by atoms with van der Waals surface area (Å²) in [6, 6.07) is 0. The molecule has 1 aliphatic rings. The summed E-state index contributed by atoms with van der Waals surface area (Å²) in [4.78, 5) is 17.3. The van der Waals surface area contributed by atoms with Gasteiger partial charge in [0.1, 0.15) is 6.54 Å². The molecule has 1 fully saturated rings. The first kappa shape index (κ1) is 14.5. The molecule has 0 aromatic rings. The molecule has 0 aromatic heterocycles. The summed E-state index contributed by atoms with van der Waals surface area (Å²) >= 11 is 0. The number of carbonyl (C=O) groups excluding carboxylic acids is 1. The van der Waals surface area contributed by atoms with Crippen LogP contribution in [0.15, 0.2) is 17.1 Å². The number of rotatable bonds is 6. The van der Waals surface area contributed by atoms with E-state index < -0.39 is 0 Å². The summed E-state index contributed by atoms with van der Waals surface area (Å²) in [5.74, 6) is 1.46. The van der Waals surface area contributed by atoms with Gasteiger partial charge in [0, 0.05) is 27.2 Å². The second-order valence-corrected chi connectivity index (χ2v) is 5.09. The van der Waals surface area contributed by atoms with Gasteiger partial charge in [0.05, 0.1) is 0 Å². The Morgan fingerprint density at radius 1 is 1.39 bits per heavy atom. The highest BCUT2D eigenvalue weighted by Gasteiger charge is 2.21. The Morgan fingerprint density at radius 3 is 2.56 bits per heavy atom. The van der Waals surface area contributed by atoms with Gasteiger partial charge in [-0.1, -0.05) is 12.2 Å². The van der Waals surface area contributed by atoms with Gasteiger partial charge in [0.2, 0.25) is 5.91 Å².